The number of ether oxygens (including phenoxy) is 1. The molecule has 0 radical (unpaired) electrons. The lowest BCUT2D eigenvalue weighted by Crippen LogP contribution is -2.60. The molecule has 2 aromatic heterocycles. The van der Waals surface area contributed by atoms with E-state index in [4.69, 9.17) is 27.1 Å². The molecular weight excluding hydrogens is 490 g/mol. The largest absolute Gasteiger partial charge is 0.449 e. The summed E-state index contributed by atoms with van der Waals surface area (Å²) in [6.45, 7) is 5.33. The number of nitrogens with zero attached hydrogens (tertiary/aromatic N) is 4. The lowest BCUT2D eigenvalue weighted by molar-refractivity contribution is 0.0390. The third-order valence-corrected chi connectivity index (χ3v) is 7.77. The van der Waals surface area contributed by atoms with Crippen LogP contribution in [-0.2, 0) is 17.6 Å². The highest BCUT2D eigenvalue weighted by molar-refractivity contribution is 6.36. The molecule has 5 rings (SSSR count). The van der Waals surface area contributed by atoms with Gasteiger partial charge < -0.3 is 15.4 Å². The van der Waals surface area contributed by atoms with Crippen molar-refractivity contribution in [2.24, 2.45) is 5.73 Å². The van der Waals surface area contributed by atoms with Gasteiger partial charge in [-0.2, -0.15) is 0 Å². The normalized spacial score (nSPS) is 19.6. The first kappa shape index (κ1) is 25.4. The molecule has 2 N–H and O–H groups in total. The van der Waals surface area contributed by atoms with Crippen LogP contribution < -0.4 is 5.73 Å². The zero-order valence-corrected chi connectivity index (χ0v) is 22.0. The molecule has 37 heavy (non-hydrogen) atoms. The fourth-order valence-electron chi connectivity index (χ4n) is 5.36. The predicted octanol–water partition coefficient (Wildman–Crippen LogP) is 4.45. The second-order valence-electron chi connectivity index (χ2n) is 9.85. The summed E-state index contributed by atoms with van der Waals surface area (Å²) < 4.78 is 5.21. The molecule has 1 fully saturated rings. The molecule has 1 aromatic carbocycles. The molecule has 1 aliphatic carbocycles. The third kappa shape index (κ3) is 5.00. The topological polar surface area (TPSA) is 102 Å². The minimum atomic E-state index is -0.617. The number of halogens is 1. The van der Waals surface area contributed by atoms with Gasteiger partial charge in [-0.05, 0) is 61.9 Å². The van der Waals surface area contributed by atoms with E-state index in [0.717, 1.165) is 53.0 Å². The molecular formula is C28H32ClN5O3. The molecule has 194 valence electrons. The Morgan fingerprint density at radius 2 is 2.08 bits per heavy atom. The summed E-state index contributed by atoms with van der Waals surface area (Å²) in [5.41, 5.74) is 11.8. The van der Waals surface area contributed by atoms with E-state index in [1.165, 1.54) is 10.5 Å². The van der Waals surface area contributed by atoms with Crippen molar-refractivity contribution in [2.45, 2.75) is 51.6 Å². The third-order valence-electron chi connectivity index (χ3n) is 7.34. The highest BCUT2D eigenvalue weighted by atomic mass is 35.5. The van der Waals surface area contributed by atoms with Gasteiger partial charge in [-0.3, -0.25) is 19.7 Å². The van der Waals surface area contributed by atoms with Gasteiger partial charge in [-0.25, -0.2) is 4.79 Å². The van der Waals surface area contributed by atoms with E-state index in [-0.39, 0.29) is 12.5 Å². The highest BCUT2D eigenvalue weighted by Gasteiger charge is 2.32. The molecule has 1 aliphatic heterocycles. The summed E-state index contributed by atoms with van der Waals surface area (Å²) in [5.74, 6) is 0.151. The van der Waals surface area contributed by atoms with Gasteiger partial charge in [0.25, 0.3) is 5.91 Å². The zero-order valence-electron chi connectivity index (χ0n) is 21.2. The zero-order chi connectivity index (χ0) is 26.1. The van der Waals surface area contributed by atoms with E-state index < -0.39 is 12.3 Å². The number of fused-ring (bicyclic) bond motifs is 2. The van der Waals surface area contributed by atoms with E-state index >= 15 is 0 Å². The summed E-state index contributed by atoms with van der Waals surface area (Å²) >= 11 is 6.85. The van der Waals surface area contributed by atoms with Gasteiger partial charge in [0.1, 0.15) is 6.17 Å². The van der Waals surface area contributed by atoms with Gasteiger partial charge in [0, 0.05) is 47.5 Å². The predicted molar refractivity (Wildman–Crippen MR) is 143 cm³/mol. The average Bonchev–Trinajstić information content (AvgIpc) is 2.91. The number of aryl methyl sites for hydroxylation is 1. The smallest absolute Gasteiger partial charge is 0.411 e. The number of rotatable bonds is 4. The van der Waals surface area contributed by atoms with Crippen molar-refractivity contribution < 1.29 is 14.3 Å². The second-order valence-corrected chi connectivity index (χ2v) is 10.2. The van der Waals surface area contributed by atoms with Crippen LogP contribution in [0.4, 0.5) is 4.79 Å². The SMILES string of the molecule is CCCOC(=O)N1CCN(C(=O)c2ccc3c(Cl)c4c(nc3c2)CC(c2ncccc2C)CC4)C[C@H]1N. The number of nitrogens with two attached hydrogens (primary N) is 1. The Balaban J connectivity index is 1.36. The van der Waals surface area contributed by atoms with Crippen LogP contribution in [0.3, 0.4) is 0 Å². The molecule has 1 unspecified atom stereocenters. The number of amides is 2. The van der Waals surface area contributed by atoms with Crippen LogP contribution in [0.25, 0.3) is 10.9 Å². The number of pyridine rings is 2. The van der Waals surface area contributed by atoms with Crippen LogP contribution in [0.5, 0.6) is 0 Å². The van der Waals surface area contributed by atoms with Crippen molar-refractivity contribution >= 4 is 34.5 Å². The number of carbonyl (C=O) groups excluding carboxylic acids is 2. The molecule has 3 aromatic rings. The second kappa shape index (κ2) is 10.6. The van der Waals surface area contributed by atoms with Crippen LogP contribution >= 0.6 is 11.6 Å². The molecule has 9 heteroatoms. The molecule has 0 bridgehead atoms. The van der Waals surface area contributed by atoms with Crippen molar-refractivity contribution in [3.05, 3.63) is 69.6 Å². The molecule has 2 amide bonds. The van der Waals surface area contributed by atoms with Gasteiger partial charge in [-0.1, -0.05) is 30.7 Å². The molecule has 2 aliphatic rings. The molecule has 0 spiro atoms. The maximum absolute atomic E-state index is 13.4. The standard InChI is InChI=1S/C28H32ClN5O3/c1-3-13-37-28(36)34-12-11-33(16-24(34)30)27(35)19-7-9-21-23(15-19)32-22-14-18(6-8-20(22)25(21)29)26-17(2)5-4-10-31-26/h4-5,7,9-10,15,18,24H,3,6,8,11-14,16,30H2,1-2H3/t18?,24-/m0/s1. The van der Waals surface area contributed by atoms with Crippen LogP contribution in [0, 0.1) is 6.92 Å². The molecule has 2 atom stereocenters. The van der Waals surface area contributed by atoms with Crippen molar-refractivity contribution in [2.75, 3.05) is 26.2 Å². The van der Waals surface area contributed by atoms with Crippen LogP contribution in [0.2, 0.25) is 5.02 Å². The van der Waals surface area contributed by atoms with Crippen LogP contribution in [0.1, 0.15) is 58.6 Å². The summed E-state index contributed by atoms with van der Waals surface area (Å²) in [6, 6.07) is 9.54. The number of hydrogen-bond acceptors (Lipinski definition) is 6. The van der Waals surface area contributed by atoms with Crippen molar-refractivity contribution in [3.8, 4) is 0 Å². The highest BCUT2D eigenvalue weighted by Crippen LogP contribution is 2.38. The fourth-order valence-corrected chi connectivity index (χ4v) is 5.72. The monoisotopic (exact) mass is 521 g/mol. The number of benzene rings is 1. The van der Waals surface area contributed by atoms with Gasteiger partial charge >= 0.3 is 6.09 Å². The first-order chi connectivity index (χ1) is 17.9. The minimum Gasteiger partial charge on any atom is -0.449 e. The van der Waals surface area contributed by atoms with E-state index in [0.29, 0.717) is 36.7 Å². The first-order valence-corrected chi connectivity index (χ1v) is 13.3. The van der Waals surface area contributed by atoms with E-state index in [1.54, 1.807) is 11.0 Å². The molecule has 8 nitrogen and oxygen atoms in total. The van der Waals surface area contributed by atoms with Crippen LogP contribution in [-0.4, -0.2) is 64.2 Å². The Morgan fingerprint density at radius 3 is 2.84 bits per heavy atom. The number of aromatic nitrogens is 2. The van der Waals surface area contributed by atoms with Crippen molar-refractivity contribution in [1.29, 1.82) is 0 Å². The quantitative estimate of drug-likeness (QED) is 0.544. The molecule has 3 heterocycles. The lowest BCUT2D eigenvalue weighted by Gasteiger charge is -2.38. The Bertz CT molecular complexity index is 1350. The van der Waals surface area contributed by atoms with Gasteiger partial charge in [0.05, 0.1) is 23.7 Å². The lowest BCUT2D eigenvalue weighted by atomic mass is 9.83. The van der Waals surface area contributed by atoms with Crippen molar-refractivity contribution in [3.63, 3.8) is 0 Å². The van der Waals surface area contributed by atoms with Crippen LogP contribution in [0.15, 0.2) is 36.5 Å². The first-order valence-electron chi connectivity index (χ1n) is 12.9. The maximum Gasteiger partial charge on any atom is 0.411 e. The average molecular weight is 522 g/mol. The fraction of sp³-hybridized carbons (Fsp3) is 0.429. The van der Waals surface area contributed by atoms with Gasteiger partial charge in [0.15, 0.2) is 0 Å². The summed E-state index contributed by atoms with van der Waals surface area (Å²) in [6.07, 6.45) is 4.13. The molecule has 1 saturated heterocycles. The summed E-state index contributed by atoms with van der Waals surface area (Å²) in [7, 11) is 0. The van der Waals surface area contributed by atoms with E-state index in [9.17, 15) is 9.59 Å². The van der Waals surface area contributed by atoms with Gasteiger partial charge in [0.2, 0.25) is 0 Å². The number of hydrogen-bond donors (Lipinski definition) is 1. The van der Waals surface area contributed by atoms with E-state index in [1.807, 2.05) is 31.3 Å². The Labute approximate surface area is 221 Å². The van der Waals surface area contributed by atoms with Gasteiger partial charge in [-0.15, -0.1) is 0 Å². The van der Waals surface area contributed by atoms with Crippen molar-refractivity contribution in [1.82, 2.24) is 19.8 Å². The Hall–Kier alpha value is -3.23. The Morgan fingerprint density at radius 1 is 1.24 bits per heavy atom. The molecule has 0 saturated carbocycles. The summed E-state index contributed by atoms with van der Waals surface area (Å²) in [5, 5.41) is 1.57. The number of piperazine rings is 1. The van der Waals surface area contributed by atoms with E-state index in [2.05, 4.69) is 18.0 Å². The summed E-state index contributed by atoms with van der Waals surface area (Å²) in [4.78, 5) is 38.3. The number of carbonyl (C=O) groups is 2. The minimum absolute atomic E-state index is 0.142. The maximum atomic E-state index is 13.4. The Kier molecular flexibility index (Phi) is 7.31.